The van der Waals surface area contributed by atoms with Crippen LogP contribution < -0.4 is 0 Å². The lowest BCUT2D eigenvalue weighted by molar-refractivity contribution is 0.0396. The van der Waals surface area contributed by atoms with Gasteiger partial charge in [0.2, 0.25) is 0 Å². The van der Waals surface area contributed by atoms with Crippen molar-refractivity contribution in [2.24, 2.45) is 0 Å². The number of allylic oxidation sites excluding steroid dienone is 2. The molecule has 0 aromatic heterocycles. The monoisotopic (exact) mass is 492 g/mol. The van der Waals surface area contributed by atoms with Crippen molar-refractivity contribution < 1.29 is 9.47 Å². The summed E-state index contributed by atoms with van der Waals surface area (Å²) in [4.78, 5) is 0. The summed E-state index contributed by atoms with van der Waals surface area (Å²) in [5, 5.41) is 0. The van der Waals surface area contributed by atoms with Gasteiger partial charge in [-0.05, 0) is 50.7 Å². The molecule has 2 aromatic rings. The van der Waals surface area contributed by atoms with E-state index in [4.69, 9.17) is 9.47 Å². The van der Waals surface area contributed by atoms with Gasteiger partial charge >= 0.3 is 0 Å². The van der Waals surface area contributed by atoms with Crippen LogP contribution in [0.15, 0.2) is 85.0 Å². The van der Waals surface area contributed by atoms with Gasteiger partial charge in [0.05, 0.1) is 0 Å². The van der Waals surface area contributed by atoms with Gasteiger partial charge in [-0.3, -0.25) is 0 Å². The van der Waals surface area contributed by atoms with Gasteiger partial charge in [0.15, 0.2) is 0 Å². The first-order chi connectivity index (χ1) is 17.8. The molecule has 0 aliphatic rings. The van der Waals surface area contributed by atoms with Gasteiger partial charge < -0.3 is 9.47 Å². The van der Waals surface area contributed by atoms with Gasteiger partial charge in [-0.1, -0.05) is 137 Å². The zero-order valence-corrected chi connectivity index (χ0v) is 23.5. The highest BCUT2D eigenvalue weighted by Gasteiger charge is 2.16. The average molecular weight is 493 g/mol. The number of rotatable bonds is 18. The molecule has 2 unspecified atom stereocenters. The number of benzene rings is 2. The molecule has 0 aliphatic heterocycles. The highest BCUT2D eigenvalue weighted by atomic mass is 16.5. The van der Waals surface area contributed by atoms with Gasteiger partial charge in [-0.25, -0.2) is 0 Å². The maximum atomic E-state index is 6.70. The highest BCUT2D eigenvalue weighted by molar-refractivity contribution is 5.25. The lowest BCUT2D eigenvalue weighted by Crippen LogP contribution is -2.07. The van der Waals surface area contributed by atoms with Crippen LogP contribution in [-0.2, 0) is 9.47 Å². The fraction of sp³-hybridized carbons (Fsp3) is 0.529. The van der Waals surface area contributed by atoms with Gasteiger partial charge in [-0.2, -0.15) is 0 Å². The number of hydrogen-bond acceptors (Lipinski definition) is 2. The van der Waals surface area contributed by atoms with E-state index in [1.807, 2.05) is 13.8 Å². The van der Waals surface area contributed by atoms with Crippen LogP contribution >= 0.6 is 0 Å². The van der Waals surface area contributed by atoms with E-state index < -0.39 is 0 Å². The normalized spacial score (nSPS) is 13.0. The fourth-order valence-corrected chi connectivity index (χ4v) is 3.94. The molecule has 36 heavy (non-hydrogen) atoms. The molecule has 2 atom stereocenters. The SMILES string of the molecule is CCCCCCC=CC(OC(C=CCCCCCC)c1ccccc1)c1ccccc1.CCOCC. The molecule has 2 rings (SSSR count). The van der Waals surface area contributed by atoms with Crippen LogP contribution in [0.5, 0.6) is 0 Å². The lowest BCUT2D eigenvalue weighted by atomic mass is 10.0. The summed E-state index contributed by atoms with van der Waals surface area (Å²) >= 11 is 0. The van der Waals surface area contributed by atoms with Gasteiger partial charge in [0.25, 0.3) is 0 Å². The fourth-order valence-electron chi connectivity index (χ4n) is 3.94. The summed E-state index contributed by atoms with van der Waals surface area (Å²) in [5.41, 5.74) is 2.43. The molecular weight excluding hydrogens is 440 g/mol. The first-order valence-corrected chi connectivity index (χ1v) is 14.4. The molecule has 0 amide bonds. The third-order valence-corrected chi connectivity index (χ3v) is 6.03. The zero-order chi connectivity index (χ0) is 26.1. The Labute approximate surface area is 222 Å². The maximum absolute atomic E-state index is 6.70. The Morgan fingerprint density at radius 2 is 0.972 bits per heavy atom. The van der Waals surface area contributed by atoms with E-state index in [1.165, 1.54) is 62.5 Å². The second-order valence-corrected chi connectivity index (χ2v) is 9.14. The highest BCUT2D eigenvalue weighted by Crippen LogP contribution is 2.29. The Hall–Kier alpha value is -2.16. The minimum Gasteiger partial charge on any atom is -0.382 e. The lowest BCUT2D eigenvalue weighted by Gasteiger charge is -2.22. The second-order valence-electron chi connectivity index (χ2n) is 9.14. The number of unbranched alkanes of at least 4 members (excludes halogenated alkanes) is 8. The number of ether oxygens (including phenoxy) is 2. The Morgan fingerprint density at radius 1 is 0.556 bits per heavy atom. The predicted molar refractivity (Wildman–Crippen MR) is 157 cm³/mol. The zero-order valence-electron chi connectivity index (χ0n) is 23.5. The van der Waals surface area contributed by atoms with Crippen molar-refractivity contribution in [3.8, 4) is 0 Å². The number of hydrogen-bond donors (Lipinski definition) is 0. The molecule has 2 aromatic carbocycles. The third-order valence-electron chi connectivity index (χ3n) is 6.03. The third kappa shape index (κ3) is 15.8. The van der Waals surface area contributed by atoms with Crippen LogP contribution in [-0.4, -0.2) is 13.2 Å². The standard InChI is InChI=1S/C30H42O.C4H10O/c1-3-5-7-9-11-19-25-29(27-21-15-13-16-22-27)31-30(28-23-17-14-18-24-28)26-20-12-10-8-6-4-2;1-3-5-4-2/h13-26,29-30H,3-12H2,1-2H3;3-4H2,1-2H3. The van der Waals surface area contributed by atoms with E-state index in [1.54, 1.807) is 0 Å². The minimum atomic E-state index is -0.0395. The van der Waals surface area contributed by atoms with Crippen molar-refractivity contribution in [1.82, 2.24) is 0 Å². The van der Waals surface area contributed by atoms with Crippen LogP contribution in [0, 0.1) is 0 Å². The van der Waals surface area contributed by atoms with Crippen molar-refractivity contribution in [3.05, 3.63) is 96.1 Å². The largest absolute Gasteiger partial charge is 0.382 e. The van der Waals surface area contributed by atoms with Crippen molar-refractivity contribution >= 4 is 0 Å². The van der Waals surface area contributed by atoms with Gasteiger partial charge in [0, 0.05) is 13.2 Å². The Balaban J connectivity index is 0.00000118. The molecule has 0 bridgehead atoms. The van der Waals surface area contributed by atoms with Crippen LogP contribution in [0.25, 0.3) is 0 Å². The predicted octanol–water partition coefficient (Wildman–Crippen LogP) is 10.6. The first-order valence-electron chi connectivity index (χ1n) is 14.4. The van der Waals surface area contributed by atoms with E-state index in [0.717, 1.165) is 26.1 Å². The molecule has 0 saturated heterocycles. The molecule has 0 fully saturated rings. The first kappa shape index (κ1) is 31.9. The van der Waals surface area contributed by atoms with Gasteiger partial charge in [0.1, 0.15) is 12.2 Å². The maximum Gasteiger partial charge on any atom is 0.102 e. The Morgan fingerprint density at radius 3 is 1.31 bits per heavy atom. The Kier molecular flexibility index (Phi) is 20.6. The molecule has 0 heterocycles. The summed E-state index contributed by atoms with van der Waals surface area (Å²) in [6, 6.07) is 21.2. The van der Waals surface area contributed by atoms with Crippen molar-refractivity contribution in [3.63, 3.8) is 0 Å². The second kappa shape index (κ2) is 23.3. The summed E-state index contributed by atoms with van der Waals surface area (Å²) in [7, 11) is 0. The smallest absolute Gasteiger partial charge is 0.102 e. The Bertz CT molecular complexity index is 701. The molecule has 2 heteroatoms. The molecule has 2 nitrogen and oxygen atoms in total. The van der Waals surface area contributed by atoms with E-state index in [-0.39, 0.29) is 12.2 Å². The summed E-state index contributed by atoms with van der Waals surface area (Å²) in [6.45, 7) is 10.2. The molecule has 0 N–H and O–H groups in total. The van der Waals surface area contributed by atoms with Gasteiger partial charge in [-0.15, -0.1) is 0 Å². The van der Waals surface area contributed by atoms with Crippen molar-refractivity contribution in [2.45, 2.75) is 104 Å². The molecule has 0 saturated carbocycles. The van der Waals surface area contributed by atoms with Crippen molar-refractivity contribution in [2.75, 3.05) is 13.2 Å². The molecule has 0 spiro atoms. The van der Waals surface area contributed by atoms with Crippen molar-refractivity contribution in [1.29, 1.82) is 0 Å². The van der Waals surface area contributed by atoms with E-state index in [2.05, 4.69) is 98.8 Å². The van der Waals surface area contributed by atoms with E-state index in [0.29, 0.717) is 0 Å². The minimum absolute atomic E-state index is 0.0395. The van der Waals surface area contributed by atoms with Crippen LogP contribution in [0.1, 0.15) is 115 Å². The van der Waals surface area contributed by atoms with E-state index in [9.17, 15) is 0 Å². The summed E-state index contributed by atoms with van der Waals surface area (Å²) in [6.07, 6.45) is 21.6. The summed E-state index contributed by atoms with van der Waals surface area (Å²) in [5.74, 6) is 0. The molecule has 0 radical (unpaired) electrons. The molecule has 0 aliphatic carbocycles. The van der Waals surface area contributed by atoms with Crippen LogP contribution in [0.2, 0.25) is 0 Å². The molecule has 200 valence electrons. The summed E-state index contributed by atoms with van der Waals surface area (Å²) < 4.78 is 11.5. The topological polar surface area (TPSA) is 18.5 Å². The average Bonchev–Trinajstić information content (AvgIpc) is 2.92. The van der Waals surface area contributed by atoms with E-state index >= 15 is 0 Å². The quantitative estimate of drug-likeness (QED) is 0.152. The molecular formula is C34H52O2. The van der Waals surface area contributed by atoms with Crippen LogP contribution in [0.4, 0.5) is 0 Å². The van der Waals surface area contributed by atoms with Crippen LogP contribution in [0.3, 0.4) is 0 Å².